The molecule has 1 aromatic carbocycles. The number of nitrogens with zero attached hydrogens (tertiary/aromatic N) is 2. The van der Waals surface area contributed by atoms with Gasteiger partial charge in [0.25, 0.3) is 0 Å². The van der Waals surface area contributed by atoms with Gasteiger partial charge in [0.2, 0.25) is 0 Å². The number of aromatic nitrogens is 2. The summed E-state index contributed by atoms with van der Waals surface area (Å²) in [5, 5.41) is 4.51. The summed E-state index contributed by atoms with van der Waals surface area (Å²) in [5.74, 6) is 0.880. The molecule has 0 radical (unpaired) electrons. The monoisotopic (exact) mass is 309 g/mol. The van der Waals surface area contributed by atoms with Crippen LogP contribution in [0.2, 0.25) is 10.0 Å². The maximum Gasteiger partial charge on any atom is 0.133 e. The van der Waals surface area contributed by atoms with Gasteiger partial charge in [-0.05, 0) is 31.5 Å². The Morgan fingerprint density at radius 3 is 2.60 bits per heavy atom. The summed E-state index contributed by atoms with van der Waals surface area (Å²) in [7, 11) is 0. The Morgan fingerprint density at radius 1 is 1.15 bits per heavy atom. The summed E-state index contributed by atoms with van der Waals surface area (Å²) in [6.07, 6.45) is 3.48. The number of nitrogens with one attached hydrogen (secondary N) is 1. The summed E-state index contributed by atoms with van der Waals surface area (Å²) in [6, 6.07) is 5.47. The zero-order valence-electron chi connectivity index (χ0n) is 11.6. The van der Waals surface area contributed by atoms with Gasteiger partial charge in [0.15, 0.2) is 0 Å². The van der Waals surface area contributed by atoms with Crippen LogP contribution in [0.5, 0.6) is 0 Å². The molecular formula is C15H17Cl2N3. The van der Waals surface area contributed by atoms with Crippen molar-refractivity contribution in [2.24, 2.45) is 0 Å². The van der Waals surface area contributed by atoms with Crippen molar-refractivity contribution in [2.45, 2.75) is 26.7 Å². The van der Waals surface area contributed by atoms with E-state index in [0.29, 0.717) is 10.0 Å². The molecule has 1 aromatic heterocycles. The third-order valence-electron chi connectivity index (χ3n) is 2.98. The Morgan fingerprint density at radius 2 is 1.95 bits per heavy atom. The van der Waals surface area contributed by atoms with Crippen molar-refractivity contribution in [3.63, 3.8) is 0 Å². The van der Waals surface area contributed by atoms with Crippen molar-refractivity contribution in [2.75, 3.05) is 11.9 Å². The zero-order chi connectivity index (χ0) is 14.5. The molecule has 1 heterocycles. The number of hydrogen-bond acceptors (Lipinski definition) is 3. The third kappa shape index (κ3) is 3.22. The van der Waals surface area contributed by atoms with Crippen LogP contribution in [0.3, 0.4) is 0 Å². The van der Waals surface area contributed by atoms with Crippen molar-refractivity contribution in [1.29, 1.82) is 0 Å². The molecular weight excluding hydrogens is 293 g/mol. The summed E-state index contributed by atoms with van der Waals surface area (Å²) in [4.78, 5) is 8.75. The number of anilines is 1. The number of hydrogen-bond donors (Lipinski definition) is 1. The van der Waals surface area contributed by atoms with Crippen LogP contribution in [0.1, 0.15) is 25.8 Å². The molecule has 20 heavy (non-hydrogen) atoms. The van der Waals surface area contributed by atoms with Gasteiger partial charge in [0, 0.05) is 22.7 Å². The zero-order valence-corrected chi connectivity index (χ0v) is 13.1. The second-order valence-corrected chi connectivity index (χ2v) is 5.30. The average molecular weight is 310 g/mol. The summed E-state index contributed by atoms with van der Waals surface area (Å²) in [5.41, 5.74) is 2.86. The first-order chi connectivity index (χ1) is 9.67. The van der Waals surface area contributed by atoms with Crippen LogP contribution in [0.4, 0.5) is 5.82 Å². The minimum atomic E-state index is 0.607. The molecule has 0 saturated carbocycles. The van der Waals surface area contributed by atoms with E-state index in [4.69, 9.17) is 23.2 Å². The first kappa shape index (κ1) is 15.1. The smallest absolute Gasteiger partial charge is 0.133 e. The summed E-state index contributed by atoms with van der Waals surface area (Å²) >= 11 is 12.3. The molecule has 2 rings (SSSR count). The molecule has 5 heteroatoms. The molecule has 0 saturated heterocycles. The second-order valence-electron chi connectivity index (χ2n) is 4.45. The molecule has 3 nitrogen and oxygen atoms in total. The van der Waals surface area contributed by atoms with Crippen LogP contribution >= 0.6 is 23.2 Å². The number of benzene rings is 1. The van der Waals surface area contributed by atoms with E-state index in [1.807, 2.05) is 19.1 Å². The summed E-state index contributed by atoms with van der Waals surface area (Å²) in [6.45, 7) is 5.00. The molecule has 106 valence electrons. The van der Waals surface area contributed by atoms with Gasteiger partial charge in [0.1, 0.15) is 12.1 Å². The van der Waals surface area contributed by atoms with Crippen LogP contribution in [0.25, 0.3) is 11.3 Å². The Bertz CT molecular complexity index is 600. The molecule has 0 amide bonds. The van der Waals surface area contributed by atoms with Crippen molar-refractivity contribution < 1.29 is 0 Å². The Kier molecular flexibility index (Phi) is 5.21. The maximum absolute atomic E-state index is 6.30. The van der Waals surface area contributed by atoms with E-state index in [-0.39, 0.29) is 0 Å². The molecule has 0 fully saturated rings. The quantitative estimate of drug-likeness (QED) is 0.859. The predicted molar refractivity (Wildman–Crippen MR) is 85.6 cm³/mol. The van der Waals surface area contributed by atoms with Gasteiger partial charge in [-0.1, -0.05) is 36.5 Å². The van der Waals surface area contributed by atoms with Gasteiger partial charge < -0.3 is 5.32 Å². The molecule has 1 N–H and O–H groups in total. The highest BCUT2D eigenvalue weighted by molar-refractivity contribution is 6.36. The number of rotatable bonds is 5. The van der Waals surface area contributed by atoms with Crippen molar-refractivity contribution in [3.05, 3.63) is 40.1 Å². The Labute approximate surface area is 129 Å². The van der Waals surface area contributed by atoms with E-state index >= 15 is 0 Å². The van der Waals surface area contributed by atoms with E-state index in [0.717, 1.165) is 42.0 Å². The van der Waals surface area contributed by atoms with Gasteiger partial charge in [-0.15, -0.1) is 0 Å². The van der Waals surface area contributed by atoms with Crippen LogP contribution < -0.4 is 5.32 Å². The SMILES string of the molecule is CCCc1c(NCC)ncnc1-c1ccc(Cl)cc1Cl. The first-order valence-electron chi connectivity index (χ1n) is 6.70. The van der Waals surface area contributed by atoms with Gasteiger partial charge >= 0.3 is 0 Å². The minimum absolute atomic E-state index is 0.607. The number of halogens is 2. The van der Waals surface area contributed by atoms with Crippen LogP contribution in [0, 0.1) is 0 Å². The lowest BCUT2D eigenvalue weighted by atomic mass is 10.0. The lowest BCUT2D eigenvalue weighted by Gasteiger charge is -2.14. The fourth-order valence-electron chi connectivity index (χ4n) is 2.13. The largest absolute Gasteiger partial charge is 0.370 e. The molecule has 0 aliphatic carbocycles. The average Bonchev–Trinajstić information content (AvgIpc) is 2.42. The molecule has 0 unspecified atom stereocenters. The first-order valence-corrected chi connectivity index (χ1v) is 7.46. The Balaban J connectivity index is 2.57. The summed E-state index contributed by atoms with van der Waals surface area (Å²) < 4.78 is 0. The highest BCUT2D eigenvalue weighted by Crippen LogP contribution is 2.33. The van der Waals surface area contributed by atoms with Crippen molar-refractivity contribution >= 4 is 29.0 Å². The fourth-order valence-corrected chi connectivity index (χ4v) is 2.63. The maximum atomic E-state index is 6.30. The van der Waals surface area contributed by atoms with Gasteiger partial charge in [0.05, 0.1) is 10.7 Å². The van der Waals surface area contributed by atoms with Crippen LogP contribution in [-0.2, 0) is 6.42 Å². The topological polar surface area (TPSA) is 37.8 Å². The second kappa shape index (κ2) is 6.91. The fraction of sp³-hybridized carbons (Fsp3) is 0.333. The van der Waals surface area contributed by atoms with Crippen LogP contribution in [0.15, 0.2) is 24.5 Å². The highest BCUT2D eigenvalue weighted by atomic mass is 35.5. The van der Waals surface area contributed by atoms with E-state index in [9.17, 15) is 0 Å². The normalized spacial score (nSPS) is 10.6. The molecule has 0 atom stereocenters. The highest BCUT2D eigenvalue weighted by Gasteiger charge is 2.14. The standard InChI is InChI=1S/C15H17Cl2N3/c1-3-5-12-14(19-9-20-15(12)18-4-2)11-7-6-10(16)8-13(11)17/h6-9H,3-5H2,1-2H3,(H,18,19,20). The van der Waals surface area contributed by atoms with E-state index in [1.54, 1.807) is 12.4 Å². The van der Waals surface area contributed by atoms with Gasteiger partial charge in [-0.25, -0.2) is 9.97 Å². The molecule has 0 bridgehead atoms. The molecule has 0 aliphatic rings. The lowest BCUT2D eigenvalue weighted by Crippen LogP contribution is -2.06. The molecule has 0 spiro atoms. The Hall–Kier alpha value is -1.32. The predicted octanol–water partition coefficient (Wildman–Crippen LogP) is 4.83. The van der Waals surface area contributed by atoms with Gasteiger partial charge in [-0.2, -0.15) is 0 Å². The van der Waals surface area contributed by atoms with Crippen molar-refractivity contribution in [1.82, 2.24) is 9.97 Å². The minimum Gasteiger partial charge on any atom is -0.370 e. The van der Waals surface area contributed by atoms with Crippen LogP contribution in [-0.4, -0.2) is 16.5 Å². The van der Waals surface area contributed by atoms with E-state index in [1.165, 1.54) is 0 Å². The van der Waals surface area contributed by atoms with Crippen molar-refractivity contribution in [3.8, 4) is 11.3 Å². The van der Waals surface area contributed by atoms with E-state index < -0.39 is 0 Å². The third-order valence-corrected chi connectivity index (χ3v) is 3.52. The van der Waals surface area contributed by atoms with Gasteiger partial charge in [-0.3, -0.25) is 0 Å². The van der Waals surface area contributed by atoms with E-state index in [2.05, 4.69) is 22.2 Å². The molecule has 0 aliphatic heterocycles. The molecule has 2 aromatic rings. The lowest BCUT2D eigenvalue weighted by molar-refractivity contribution is 0.902.